The van der Waals surface area contributed by atoms with Crippen LogP contribution in [-0.2, 0) is 17.9 Å². The van der Waals surface area contributed by atoms with Crippen LogP contribution in [0.1, 0.15) is 10.6 Å². The normalized spacial score (nSPS) is 10.5. The van der Waals surface area contributed by atoms with Crippen molar-refractivity contribution < 1.29 is 9.59 Å². The number of rotatable bonds is 6. The Morgan fingerprint density at radius 3 is 2.54 bits per heavy atom. The van der Waals surface area contributed by atoms with Crippen molar-refractivity contribution in [2.75, 3.05) is 13.6 Å². The van der Waals surface area contributed by atoms with Crippen molar-refractivity contribution in [3.05, 3.63) is 65.2 Å². The lowest BCUT2D eigenvalue weighted by molar-refractivity contribution is -0.129. The Hall–Kier alpha value is -2.93. The Bertz CT molecular complexity index is 862. The van der Waals surface area contributed by atoms with Crippen molar-refractivity contribution in [2.45, 2.75) is 13.1 Å². The number of fused-ring (bicyclic) bond motifs is 1. The predicted molar refractivity (Wildman–Crippen MR) is 103 cm³/mol. The second-order valence-corrected chi connectivity index (χ2v) is 6.96. The number of nitrogens with one attached hydrogen (secondary N) is 2. The number of urea groups is 1. The third-order valence-corrected chi connectivity index (χ3v) is 4.85. The molecule has 0 saturated heterocycles. The summed E-state index contributed by atoms with van der Waals surface area (Å²) in [6, 6.07) is 17.1. The molecule has 2 aromatic carbocycles. The van der Waals surface area contributed by atoms with E-state index >= 15 is 0 Å². The summed E-state index contributed by atoms with van der Waals surface area (Å²) < 4.78 is 1.10. The molecule has 0 aliphatic heterocycles. The first-order valence-electron chi connectivity index (χ1n) is 8.26. The highest BCUT2D eigenvalue weighted by Crippen LogP contribution is 2.22. The molecule has 7 heteroatoms. The molecule has 0 radical (unpaired) electrons. The first-order valence-corrected chi connectivity index (χ1v) is 9.07. The van der Waals surface area contributed by atoms with Crippen LogP contribution in [0.2, 0.25) is 0 Å². The van der Waals surface area contributed by atoms with Crippen LogP contribution in [0.15, 0.2) is 54.6 Å². The number of carbonyl (C=O) groups excluding carboxylic acids is 2. The third kappa shape index (κ3) is 4.80. The first kappa shape index (κ1) is 17.9. The summed E-state index contributed by atoms with van der Waals surface area (Å²) in [5.74, 6) is -0.167. The number of thiazole rings is 1. The van der Waals surface area contributed by atoms with E-state index in [-0.39, 0.29) is 18.5 Å². The number of likely N-dealkylation sites (N-methyl/N-ethyl adjacent to an activating group) is 1. The molecule has 0 bridgehead atoms. The van der Waals surface area contributed by atoms with E-state index in [1.165, 1.54) is 0 Å². The summed E-state index contributed by atoms with van der Waals surface area (Å²) >= 11 is 1.57. The molecule has 3 rings (SSSR count). The van der Waals surface area contributed by atoms with Gasteiger partial charge in [0.25, 0.3) is 0 Å². The highest BCUT2D eigenvalue weighted by atomic mass is 32.1. The SMILES string of the molecule is CN(Cc1nc2ccccc2s1)C(=O)CNC(=O)NCc1ccccc1. The Labute approximate surface area is 155 Å². The number of nitrogens with zero attached hydrogens (tertiary/aromatic N) is 2. The molecule has 134 valence electrons. The summed E-state index contributed by atoms with van der Waals surface area (Å²) in [6.07, 6.45) is 0. The van der Waals surface area contributed by atoms with Gasteiger partial charge in [0, 0.05) is 13.6 Å². The van der Waals surface area contributed by atoms with E-state index in [1.54, 1.807) is 23.3 Å². The van der Waals surface area contributed by atoms with Gasteiger partial charge in [-0.1, -0.05) is 42.5 Å². The molecule has 0 aliphatic carbocycles. The first-order chi connectivity index (χ1) is 12.6. The van der Waals surface area contributed by atoms with Crippen molar-refractivity contribution in [1.29, 1.82) is 0 Å². The van der Waals surface area contributed by atoms with Gasteiger partial charge >= 0.3 is 6.03 Å². The molecule has 1 aromatic heterocycles. The van der Waals surface area contributed by atoms with E-state index in [1.807, 2.05) is 54.6 Å². The Balaban J connectivity index is 1.44. The van der Waals surface area contributed by atoms with Gasteiger partial charge in [0.15, 0.2) is 0 Å². The number of hydrogen-bond donors (Lipinski definition) is 2. The molecule has 0 saturated carbocycles. The minimum Gasteiger partial charge on any atom is -0.337 e. The lowest BCUT2D eigenvalue weighted by atomic mass is 10.2. The predicted octanol–water partition coefficient (Wildman–Crippen LogP) is 2.75. The van der Waals surface area contributed by atoms with E-state index in [2.05, 4.69) is 15.6 Å². The van der Waals surface area contributed by atoms with Crippen molar-refractivity contribution >= 4 is 33.5 Å². The number of para-hydroxylation sites is 1. The zero-order valence-electron chi connectivity index (χ0n) is 14.4. The maximum atomic E-state index is 12.2. The fourth-order valence-electron chi connectivity index (χ4n) is 2.41. The number of aromatic nitrogens is 1. The number of carbonyl (C=O) groups is 2. The zero-order chi connectivity index (χ0) is 18.4. The highest BCUT2D eigenvalue weighted by molar-refractivity contribution is 7.18. The quantitative estimate of drug-likeness (QED) is 0.703. The lowest BCUT2D eigenvalue weighted by Crippen LogP contribution is -2.42. The van der Waals surface area contributed by atoms with E-state index in [4.69, 9.17) is 0 Å². The van der Waals surface area contributed by atoms with Gasteiger partial charge in [0.2, 0.25) is 5.91 Å². The topological polar surface area (TPSA) is 74.3 Å². The fourth-order valence-corrected chi connectivity index (χ4v) is 3.43. The molecule has 0 atom stereocenters. The van der Waals surface area contributed by atoms with Crippen molar-refractivity contribution in [3.63, 3.8) is 0 Å². The van der Waals surface area contributed by atoms with Crippen LogP contribution in [0.5, 0.6) is 0 Å². The highest BCUT2D eigenvalue weighted by Gasteiger charge is 2.13. The van der Waals surface area contributed by atoms with Gasteiger partial charge in [-0.2, -0.15) is 0 Å². The molecular formula is C19H20N4O2S. The zero-order valence-corrected chi connectivity index (χ0v) is 15.3. The average molecular weight is 368 g/mol. The van der Waals surface area contributed by atoms with Crippen LogP contribution < -0.4 is 10.6 Å². The molecule has 0 aliphatic rings. The van der Waals surface area contributed by atoms with Gasteiger partial charge in [-0.05, 0) is 17.7 Å². The Morgan fingerprint density at radius 2 is 1.77 bits per heavy atom. The van der Waals surface area contributed by atoms with E-state index in [0.29, 0.717) is 13.1 Å². The molecule has 1 heterocycles. The molecule has 3 amide bonds. The van der Waals surface area contributed by atoms with Gasteiger partial charge < -0.3 is 15.5 Å². The smallest absolute Gasteiger partial charge is 0.315 e. The third-order valence-electron chi connectivity index (χ3n) is 3.83. The second kappa shape index (κ2) is 8.44. The van der Waals surface area contributed by atoms with Crippen LogP contribution in [0.25, 0.3) is 10.2 Å². The van der Waals surface area contributed by atoms with Crippen LogP contribution in [0.4, 0.5) is 4.79 Å². The maximum Gasteiger partial charge on any atom is 0.315 e. The Morgan fingerprint density at radius 1 is 1.04 bits per heavy atom. The number of amides is 3. The molecule has 26 heavy (non-hydrogen) atoms. The minimum atomic E-state index is -0.365. The molecular weight excluding hydrogens is 348 g/mol. The number of hydrogen-bond acceptors (Lipinski definition) is 4. The van der Waals surface area contributed by atoms with Crippen molar-refractivity contribution in [3.8, 4) is 0 Å². The van der Waals surface area contributed by atoms with Crippen molar-refractivity contribution in [2.24, 2.45) is 0 Å². The van der Waals surface area contributed by atoms with Gasteiger partial charge in [-0.15, -0.1) is 11.3 Å². The summed E-state index contributed by atoms with van der Waals surface area (Å²) in [4.78, 5) is 30.1. The van der Waals surface area contributed by atoms with Crippen LogP contribution in [0.3, 0.4) is 0 Å². The van der Waals surface area contributed by atoms with Gasteiger partial charge in [0.05, 0.1) is 23.3 Å². The summed E-state index contributed by atoms with van der Waals surface area (Å²) in [7, 11) is 1.71. The average Bonchev–Trinajstić information content (AvgIpc) is 3.07. The second-order valence-electron chi connectivity index (χ2n) is 5.85. The molecule has 3 aromatic rings. The van der Waals surface area contributed by atoms with Gasteiger partial charge in [-0.25, -0.2) is 9.78 Å². The summed E-state index contributed by atoms with van der Waals surface area (Å²) in [5, 5.41) is 6.19. The van der Waals surface area contributed by atoms with E-state index < -0.39 is 0 Å². The summed E-state index contributed by atoms with van der Waals surface area (Å²) in [6.45, 7) is 0.788. The molecule has 6 nitrogen and oxygen atoms in total. The molecule has 0 fully saturated rings. The molecule has 2 N–H and O–H groups in total. The minimum absolute atomic E-state index is 0.0536. The van der Waals surface area contributed by atoms with Crippen LogP contribution in [0, 0.1) is 0 Å². The Kier molecular flexibility index (Phi) is 5.80. The van der Waals surface area contributed by atoms with E-state index in [9.17, 15) is 9.59 Å². The monoisotopic (exact) mass is 368 g/mol. The fraction of sp³-hybridized carbons (Fsp3) is 0.211. The van der Waals surface area contributed by atoms with Gasteiger partial charge in [0.1, 0.15) is 5.01 Å². The molecule has 0 unspecified atom stereocenters. The van der Waals surface area contributed by atoms with Crippen LogP contribution >= 0.6 is 11.3 Å². The largest absolute Gasteiger partial charge is 0.337 e. The molecule has 0 spiro atoms. The maximum absolute atomic E-state index is 12.2. The lowest BCUT2D eigenvalue weighted by Gasteiger charge is -2.16. The summed E-state index contributed by atoms with van der Waals surface area (Å²) in [5.41, 5.74) is 1.94. The van der Waals surface area contributed by atoms with Crippen LogP contribution in [-0.4, -0.2) is 35.4 Å². The number of benzene rings is 2. The van der Waals surface area contributed by atoms with E-state index in [0.717, 1.165) is 20.8 Å². The standard InChI is InChI=1S/C19H20N4O2S/c1-23(13-17-22-15-9-5-6-10-16(15)26-17)18(24)12-21-19(25)20-11-14-7-3-2-4-8-14/h2-10H,11-13H2,1H3,(H2,20,21,25). The van der Waals surface area contributed by atoms with Gasteiger partial charge in [-0.3, -0.25) is 4.79 Å². The van der Waals surface area contributed by atoms with Crippen molar-refractivity contribution in [1.82, 2.24) is 20.5 Å².